The average molecular weight is 226 g/mol. The smallest absolute Gasteiger partial charge is 0.303 e. The highest BCUT2D eigenvalue weighted by Gasteiger charge is 2.18. The van der Waals surface area contributed by atoms with Crippen molar-refractivity contribution in [1.82, 2.24) is 0 Å². The molecule has 1 rings (SSSR count). The topological polar surface area (TPSA) is 57.5 Å². The Morgan fingerprint density at radius 1 is 1.50 bits per heavy atom. The summed E-state index contributed by atoms with van der Waals surface area (Å²) in [4.78, 5) is 10.7. The minimum atomic E-state index is -0.957. The Morgan fingerprint density at radius 3 is 2.75 bits per heavy atom. The second kappa shape index (κ2) is 5.49. The minimum absolute atomic E-state index is 0.0390. The van der Waals surface area contributed by atoms with E-state index in [1.165, 1.54) is 12.1 Å². The van der Waals surface area contributed by atoms with E-state index in [4.69, 9.17) is 5.11 Å². The number of carboxylic acids is 1. The molecule has 0 radical (unpaired) electrons. The molecule has 0 amide bonds. The molecule has 0 fully saturated rings. The highest BCUT2D eigenvalue weighted by molar-refractivity contribution is 5.68. The fourth-order valence-corrected chi connectivity index (χ4v) is 1.77. The predicted octanol–water partition coefficient (Wildman–Crippen LogP) is 2.89. The van der Waals surface area contributed by atoms with Crippen LogP contribution < -0.4 is 0 Å². The summed E-state index contributed by atoms with van der Waals surface area (Å²) in [6.45, 7) is 1.91. The van der Waals surface area contributed by atoms with E-state index in [0.29, 0.717) is 6.42 Å². The van der Waals surface area contributed by atoms with Gasteiger partial charge in [0.2, 0.25) is 0 Å². The number of benzene rings is 1. The summed E-state index contributed by atoms with van der Waals surface area (Å²) in [5.74, 6) is -1.84. The SMILES string of the molecule is CCC[C@@H](CC(=O)O)c1cc(O)ccc1F. The maximum Gasteiger partial charge on any atom is 0.303 e. The van der Waals surface area contributed by atoms with Gasteiger partial charge in [0.05, 0.1) is 6.42 Å². The van der Waals surface area contributed by atoms with Crippen LogP contribution in [0.5, 0.6) is 5.75 Å². The molecule has 0 aliphatic carbocycles. The molecule has 0 spiro atoms. The van der Waals surface area contributed by atoms with Crippen LogP contribution in [0.1, 0.15) is 37.7 Å². The minimum Gasteiger partial charge on any atom is -0.508 e. The van der Waals surface area contributed by atoms with Gasteiger partial charge in [-0.1, -0.05) is 13.3 Å². The Labute approximate surface area is 93.5 Å². The van der Waals surface area contributed by atoms with E-state index >= 15 is 0 Å². The van der Waals surface area contributed by atoms with Crippen molar-refractivity contribution in [2.24, 2.45) is 0 Å². The van der Waals surface area contributed by atoms with E-state index < -0.39 is 11.8 Å². The van der Waals surface area contributed by atoms with Gasteiger partial charge in [-0.25, -0.2) is 4.39 Å². The quantitative estimate of drug-likeness (QED) is 0.811. The van der Waals surface area contributed by atoms with Crippen molar-refractivity contribution in [3.05, 3.63) is 29.6 Å². The fraction of sp³-hybridized carbons (Fsp3) is 0.417. The lowest BCUT2D eigenvalue weighted by atomic mass is 9.91. The summed E-state index contributed by atoms with van der Waals surface area (Å²) >= 11 is 0. The zero-order valence-electron chi connectivity index (χ0n) is 9.11. The van der Waals surface area contributed by atoms with Crippen molar-refractivity contribution in [2.75, 3.05) is 0 Å². The number of carbonyl (C=O) groups is 1. The van der Waals surface area contributed by atoms with Gasteiger partial charge in [0.15, 0.2) is 0 Å². The maximum atomic E-state index is 13.5. The average Bonchev–Trinajstić information content (AvgIpc) is 2.20. The molecule has 0 heterocycles. The zero-order chi connectivity index (χ0) is 12.1. The number of halogens is 1. The van der Waals surface area contributed by atoms with Crippen molar-refractivity contribution in [1.29, 1.82) is 0 Å². The number of aromatic hydroxyl groups is 1. The van der Waals surface area contributed by atoms with Crippen LogP contribution in [0, 0.1) is 5.82 Å². The third-order valence-corrected chi connectivity index (χ3v) is 2.48. The Bertz CT molecular complexity index is 377. The molecule has 4 heteroatoms. The van der Waals surface area contributed by atoms with Gasteiger partial charge < -0.3 is 10.2 Å². The van der Waals surface area contributed by atoms with Crippen molar-refractivity contribution in [3.63, 3.8) is 0 Å². The molecule has 2 N–H and O–H groups in total. The van der Waals surface area contributed by atoms with Crippen LogP contribution in [0.15, 0.2) is 18.2 Å². The molecule has 16 heavy (non-hydrogen) atoms. The van der Waals surface area contributed by atoms with Crippen LogP contribution in [0.2, 0.25) is 0 Å². The molecule has 0 aliphatic heterocycles. The summed E-state index contributed by atoms with van der Waals surface area (Å²) in [5.41, 5.74) is 0.282. The highest BCUT2D eigenvalue weighted by Crippen LogP contribution is 2.29. The molecular weight excluding hydrogens is 211 g/mol. The Morgan fingerprint density at radius 2 is 2.19 bits per heavy atom. The van der Waals surface area contributed by atoms with Crippen molar-refractivity contribution in [2.45, 2.75) is 32.1 Å². The Balaban J connectivity index is 2.99. The third kappa shape index (κ3) is 3.22. The van der Waals surface area contributed by atoms with Crippen LogP contribution in [-0.4, -0.2) is 16.2 Å². The van der Waals surface area contributed by atoms with E-state index in [2.05, 4.69) is 0 Å². The molecule has 0 unspecified atom stereocenters. The second-order valence-electron chi connectivity index (χ2n) is 3.79. The van der Waals surface area contributed by atoms with Crippen LogP contribution in [0.3, 0.4) is 0 Å². The van der Waals surface area contributed by atoms with E-state index in [1.54, 1.807) is 0 Å². The van der Waals surface area contributed by atoms with Gasteiger partial charge in [-0.3, -0.25) is 4.79 Å². The van der Waals surface area contributed by atoms with E-state index in [0.717, 1.165) is 12.5 Å². The predicted molar refractivity (Wildman–Crippen MR) is 58.0 cm³/mol. The van der Waals surface area contributed by atoms with E-state index in [9.17, 15) is 14.3 Å². The molecule has 1 aromatic rings. The first kappa shape index (κ1) is 12.5. The lowest BCUT2D eigenvalue weighted by molar-refractivity contribution is -0.137. The standard InChI is InChI=1S/C12H15FO3/c1-2-3-8(6-12(15)16)10-7-9(14)4-5-11(10)13/h4-5,7-8,14H,2-3,6H2,1H3,(H,15,16)/t8-/m0/s1. The van der Waals surface area contributed by atoms with Gasteiger partial charge in [-0.05, 0) is 36.1 Å². The Kier molecular flexibility index (Phi) is 4.28. The monoisotopic (exact) mass is 226 g/mol. The summed E-state index contributed by atoms with van der Waals surface area (Å²) in [7, 11) is 0. The molecule has 0 aliphatic rings. The molecule has 0 aromatic heterocycles. The third-order valence-electron chi connectivity index (χ3n) is 2.48. The molecule has 3 nitrogen and oxygen atoms in total. The van der Waals surface area contributed by atoms with E-state index in [-0.39, 0.29) is 23.7 Å². The van der Waals surface area contributed by atoms with Crippen LogP contribution in [0.4, 0.5) is 4.39 Å². The summed E-state index contributed by atoms with van der Waals surface area (Å²) in [5, 5.41) is 18.0. The van der Waals surface area contributed by atoms with E-state index in [1.807, 2.05) is 6.92 Å². The summed E-state index contributed by atoms with van der Waals surface area (Å²) in [6, 6.07) is 3.72. The van der Waals surface area contributed by atoms with Crippen molar-refractivity contribution < 1.29 is 19.4 Å². The summed E-state index contributed by atoms with van der Waals surface area (Å²) < 4.78 is 13.5. The molecule has 0 bridgehead atoms. The Hall–Kier alpha value is -1.58. The summed E-state index contributed by atoms with van der Waals surface area (Å²) in [6.07, 6.45) is 1.24. The number of phenols is 1. The van der Waals surface area contributed by atoms with Gasteiger partial charge in [0, 0.05) is 0 Å². The number of phenolic OH excluding ortho intramolecular Hbond substituents is 1. The molecule has 1 atom stereocenters. The first-order valence-electron chi connectivity index (χ1n) is 5.24. The first-order chi connectivity index (χ1) is 7.54. The molecule has 0 saturated carbocycles. The van der Waals surface area contributed by atoms with Crippen molar-refractivity contribution >= 4 is 5.97 Å². The first-order valence-corrected chi connectivity index (χ1v) is 5.24. The second-order valence-corrected chi connectivity index (χ2v) is 3.79. The van der Waals surface area contributed by atoms with Crippen LogP contribution in [0.25, 0.3) is 0 Å². The van der Waals surface area contributed by atoms with Gasteiger partial charge >= 0.3 is 5.97 Å². The lowest BCUT2D eigenvalue weighted by Crippen LogP contribution is -2.08. The van der Waals surface area contributed by atoms with Crippen LogP contribution >= 0.6 is 0 Å². The highest BCUT2D eigenvalue weighted by atomic mass is 19.1. The van der Waals surface area contributed by atoms with Gasteiger partial charge in [-0.15, -0.1) is 0 Å². The number of hydrogen-bond donors (Lipinski definition) is 2. The lowest BCUT2D eigenvalue weighted by Gasteiger charge is -2.15. The largest absolute Gasteiger partial charge is 0.508 e. The molecule has 1 aromatic carbocycles. The number of aliphatic carboxylic acids is 1. The van der Waals surface area contributed by atoms with Crippen LogP contribution in [-0.2, 0) is 4.79 Å². The fourth-order valence-electron chi connectivity index (χ4n) is 1.77. The number of hydrogen-bond acceptors (Lipinski definition) is 2. The molecule has 0 saturated heterocycles. The van der Waals surface area contributed by atoms with Crippen molar-refractivity contribution in [3.8, 4) is 5.75 Å². The molecular formula is C12H15FO3. The normalized spacial score (nSPS) is 12.4. The zero-order valence-corrected chi connectivity index (χ0v) is 9.11. The van der Waals surface area contributed by atoms with Gasteiger partial charge in [-0.2, -0.15) is 0 Å². The number of rotatable bonds is 5. The molecule has 88 valence electrons. The van der Waals surface area contributed by atoms with Gasteiger partial charge in [0.25, 0.3) is 0 Å². The number of carboxylic acid groups (broad SMARTS) is 1. The maximum absolute atomic E-state index is 13.5. The van der Waals surface area contributed by atoms with Gasteiger partial charge in [0.1, 0.15) is 11.6 Å².